The number of carbonyl (C=O) groups excluding carboxylic acids is 2. The SMILES string of the molecule is CC(=O)N1c2ccc(-c3cccc(S(C)(=O)=O)c3)cc2N(C(=O)OC(C)C)CC1C. The van der Waals surface area contributed by atoms with Crippen molar-refractivity contribution in [1.29, 1.82) is 0 Å². The van der Waals surface area contributed by atoms with Crippen LogP contribution in [-0.4, -0.2) is 45.4 Å². The fraction of sp³-hybridized carbons (Fsp3) is 0.364. The normalized spacial score (nSPS) is 16.4. The van der Waals surface area contributed by atoms with Gasteiger partial charge in [0.25, 0.3) is 0 Å². The molecule has 0 saturated heterocycles. The summed E-state index contributed by atoms with van der Waals surface area (Å²) in [4.78, 5) is 28.4. The summed E-state index contributed by atoms with van der Waals surface area (Å²) in [6.45, 7) is 7.22. The molecule has 0 bridgehead atoms. The second kappa shape index (κ2) is 8.10. The largest absolute Gasteiger partial charge is 0.446 e. The summed E-state index contributed by atoms with van der Waals surface area (Å²) in [7, 11) is -3.35. The number of carbonyl (C=O) groups is 2. The number of nitrogens with zero attached hydrogens (tertiary/aromatic N) is 2. The number of anilines is 2. The third kappa shape index (κ3) is 4.33. The predicted octanol–water partition coefficient (Wildman–Crippen LogP) is 3.86. The lowest BCUT2D eigenvalue weighted by molar-refractivity contribution is -0.117. The number of fused-ring (bicyclic) bond motifs is 1. The highest BCUT2D eigenvalue weighted by Crippen LogP contribution is 2.39. The molecule has 8 heteroatoms. The van der Waals surface area contributed by atoms with Crippen LogP contribution in [0.5, 0.6) is 0 Å². The molecule has 1 unspecified atom stereocenters. The first-order valence-corrected chi connectivity index (χ1v) is 11.6. The minimum atomic E-state index is -3.35. The third-order valence-electron chi connectivity index (χ3n) is 4.90. The van der Waals surface area contributed by atoms with Crippen molar-refractivity contribution in [3.05, 3.63) is 42.5 Å². The predicted molar refractivity (Wildman–Crippen MR) is 117 cm³/mol. The van der Waals surface area contributed by atoms with Crippen LogP contribution in [0.1, 0.15) is 27.7 Å². The van der Waals surface area contributed by atoms with Crippen LogP contribution in [-0.2, 0) is 19.4 Å². The van der Waals surface area contributed by atoms with Gasteiger partial charge in [-0.3, -0.25) is 9.69 Å². The lowest BCUT2D eigenvalue weighted by Gasteiger charge is -2.40. The van der Waals surface area contributed by atoms with E-state index in [2.05, 4.69) is 0 Å². The first kappa shape index (κ1) is 21.8. The minimum absolute atomic E-state index is 0.118. The van der Waals surface area contributed by atoms with E-state index in [4.69, 9.17) is 4.74 Å². The van der Waals surface area contributed by atoms with Crippen molar-refractivity contribution in [2.75, 3.05) is 22.6 Å². The standard InChI is InChI=1S/C22H26N2O5S/c1-14(2)29-22(26)23-13-15(3)24(16(4)25)20-10-9-18(12-21(20)23)17-7-6-8-19(11-17)30(5,27)28/h6-12,14-15H,13H2,1-5H3. The number of sulfone groups is 1. The summed E-state index contributed by atoms with van der Waals surface area (Å²) in [5, 5.41) is 0. The van der Waals surface area contributed by atoms with Gasteiger partial charge < -0.3 is 9.64 Å². The quantitative estimate of drug-likeness (QED) is 0.738. The van der Waals surface area contributed by atoms with Gasteiger partial charge in [-0.15, -0.1) is 0 Å². The average molecular weight is 431 g/mol. The van der Waals surface area contributed by atoms with Crippen LogP contribution >= 0.6 is 0 Å². The van der Waals surface area contributed by atoms with Gasteiger partial charge in [-0.25, -0.2) is 13.2 Å². The summed E-state index contributed by atoms with van der Waals surface area (Å²) >= 11 is 0. The number of rotatable bonds is 3. The number of hydrogen-bond donors (Lipinski definition) is 0. The Bertz CT molecular complexity index is 1090. The fourth-order valence-corrected chi connectivity index (χ4v) is 4.30. The summed E-state index contributed by atoms with van der Waals surface area (Å²) < 4.78 is 29.3. The van der Waals surface area contributed by atoms with Gasteiger partial charge in [0.15, 0.2) is 9.84 Å². The highest BCUT2D eigenvalue weighted by molar-refractivity contribution is 7.90. The van der Waals surface area contributed by atoms with E-state index in [-0.39, 0.29) is 22.9 Å². The van der Waals surface area contributed by atoms with E-state index in [1.54, 1.807) is 55.1 Å². The molecule has 0 aromatic heterocycles. The van der Waals surface area contributed by atoms with E-state index < -0.39 is 15.9 Å². The van der Waals surface area contributed by atoms with E-state index in [1.165, 1.54) is 11.8 Å². The topological polar surface area (TPSA) is 84.0 Å². The smallest absolute Gasteiger partial charge is 0.414 e. The van der Waals surface area contributed by atoms with E-state index in [9.17, 15) is 18.0 Å². The van der Waals surface area contributed by atoms with Crippen LogP contribution in [0.4, 0.5) is 16.2 Å². The van der Waals surface area contributed by atoms with Crippen molar-refractivity contribution in [3.8, 4) is 11.1 Å². The van der Waals surface area contributed by atoms with Crippen molar-refractivity contribution in [3.63, 3.8) is 0 Å². The van der Waals surface area contributed by atoms with Crippen molar-refractivity contribution in [1.82, 2.24) is 0 Å². The van der Waals surface area contributed by atoms with Crippen molar-refractivity contribution in [2.24, 2.45) is 0 Å². The number of amides is 2. The number of hydrogen-bond acceptors (Lipinski definition) is 5. The molecule has 2 amide bonds. The molecular formula is C22H26N2O5S. The average Bonchev–Trinajstić information content (AvgIpc) is 2.65. The van der Waals surface area contributed by atoms with E-state index in [1.807, 2.05) is 13.0 Å². The molecule has 0 N–H and O–H groups in total. The molecule has 1 aliphatic heterocycles. The Balaban J connectivity index is 2.14. The zero-order valence-corrected chi connectivity index (χ0v) is 18.6. The molecule has 2 aromatic carbocycles. The molecule has 0 radical (unpaired) electrons. The van der Waals surface area contributed by atoms with E-state index in [0.717, 1.165) is 11.8 Å². The van der Waals surface area contributed by atoms with Crippen LogP contribution < -0.4 is 9.80 Å². The maximum Gasteiger partial charge on any atom is 0.414 e. The van der Waals surface area contributed by atoms with Gasteiger partial charge in [0, 0.05) is 19.7 Å². The van der Waals surface area contributed by atoms with Gasteiger partial charge in [-0.1, -0.05) is 18.2 Å². The van der Waals surface area contributed by atoms with Crippen molar-refractivity contribution < 1.29 is 22.7 Å². The lowest BCUT2D eigenvalue weighted by Crippen LogP contribution is -2.51. The Hall–Kier alpha value is -2.87. The first-order chi connectivity index (χ1) is 14.0. The van der Waals surface area contributed by atoms with Gasteiger partial charge >= 0.3 is 6.09 Å². The highest BCUT2D eigenvalue weighted by Gasteiger charge is 2.34. The monoisotopic (exact) mass is 430 g/mol. The summed E-state index contributed by atoms with van der Waals surface area (Å²) in [5.41, 5.74) is 2.60. The van der Waals surface area contributed by atoms with Crippen LogP contribution in [0, 0.1) is 0 Å². The Morgan fingerprint density at radius 3 is 2.33 bits per heavy atom. The Morgan fingerprint density at radius 2 is 1.73 bits per heavy atom. The Labute approximate surface area is 177 Å². The molecule has 30 heavy (non-hydrogen) atoms. The Morgan fingerprint density at radius 1 is 1.07 bits per heavy atom. The zero-order valence-electron chi connectivity index (χ0n) is 17.7. The van der Waals surface area contributed by atoms with Crippen molar-refractivity contribution in [2.45, 2.75) is 44.7 Å². The van der Waals surface area contributed by atoms with Gasteiger partial charge in [0.2, 0.25) is 5.91 Å². The highest BCUT2D eigenvalue weighted by atomic mass is 32.2. The molecule has 160 valence electrons. The zero-order chi connectivity index (χ0) is 22.2. The molecule has 2 aromatic rings. The molecular weight excluding hydrogens is 404 g/mol. The fourth-order valence-electron chi connectivity index (χ4n) is 3.63. The Kier molecular flexibility index (Phi) is 5.90. The molecule has 0 saturated carbocycles. The first-order valence-electron chi connectivity index (χ1n) is 9.71. The van der Waals surface area contributed by atoms with Gasteiger partial charge in [0.1, 0.15) is 0 Å². The molecule has 1 atom stereocenters. The molecule has 1 heterocycles. The minimum Gasteiger partial charge on any atom is -0.446 e. The third-order valence-corrected chi connectivity index (χ3v) is 6.02. The molecule has 1 aliphatic rings. The van der Waals surface area contributed by atoms with Crippen LogP contribution in [0.3, 0.4) is 0 Å². The second-order valence-electron chi connectivity index (χ2n) is 7.78. The second-order valence-corrected chi connectivity index (χ2v) is 9.80. The molecule has 0 spiro atoms. The lowest BCUT2D eigenvalue weighted by atomic mass is 10.0. The summed E-state index contributed by atoms with van der Waals surface area (Å²) in [6.07, 6.45) is 0.398. The molecule has 3 rings (SSSR count). The molecule has 0 fully saturated rings. The number of benzene rings is 2. The van der Waals surface area contributed by atoms with Crippen LogP contribution in [0.15, 0.2) is 47.4 Å². The maximum atomic E-state index is 12.7. The molecule has 7 nitrogen and oxygen atoms in total. The maximum absolute atomic E-state index is 12.7. The van der Waals surface area contributed by atoms with Crippen molar-refractivity contribution >= 4 is 33.2 Å². The molecule has 0 aliphatic carbocycles. The van der Waals surface area contributed by atoms with Gasteiger partial charge in [0.05, 0.1) is 28.4 Å². The van der Waals surface area contributed by atoms with E-state index >= 15 is 0 Å². The van der Waals surface area contributed by atoms with Crippen LogP contribution in [0.2, 0.25) is 0 Å². The summed E-state index contributed by atoms with van der Waals surface area (Å²) in [6, 6.07) is 11.8. The van der Waals surface area contributed by atoms with Gasteiger partial charge in [-0.2, -0.15) is 0 Å². The summed E-state index contributed by atoms with van der Waals surface area (Å²) in [5.74, 6) is -0.118. The van der Waals surface area contributed by atoms with Crippen LogP contribution in [0.25, 0.3) is 11.1 Å². The number of ether oxygens (including phenoxy) is 1. The van der Waals surface area contributed by atoms with Gasteiger partial charge in [-0.05, 0) is 56.2 Å². The van der Waals surface area contributed by atoms with E-state index in [0.29, 0.717) is 23.5 Å².